The van der Waals surface area contributed by atoms with Crippen LogP contribution in [-0.2, 0) is 0 Å². The Morgan fingerprint density at radius 1 is 0.542 bits per heavy atom. The molecule has 0 amide bonds. The van der Waals surface area contributed by atoms with E-state index in [2.05, 4.69) is 82.7 Å². The molecule has 0 unspecified atom stereocenters. The van der Waals surface area contributed by atoms with Gasteiger partial charge in [0.2, 0.25) is 0 Å². The third-order valence-electron chi connectivity index (χ3n) is 4.78. The number of fused-ring (bicyclic) bond motifs is 7. The lowest BCUT2D eigenvalue weighted by atomic mass is 9.88. The molecular weight excluding hydrogens is 355 g/mol. The van der Waals surface area contributed by atoms with Crippen LogP contribution in [0.4, 0.5) is 0 Å². The lowest BCUT2D eigenvalue weighted by Gasteiger charge is -2.13. The number of hydrogen-bond donors (Lipinski definition) is 0. The van der Waals surface area contributed by atoms with E-state index in [1.54, 1.807) is 0 Å². The summed E-state index contributed by atoms with van der Waals surface area (Å²) in [5.41, 5.74) is 0.795. The standard InChI is InChI=1S/C22H12BBr/c23-15-5-7-17-19-9-13-3-1-2-4-14(13)10-20(19)18-8-6-16(24)12-22(18)21(17)11-15/h1-12H. The SMILES string of the molecule is [B]c1ccc2c(c1)c1cc(Br)ccc1c1cc3ccccc3cc21. The molecule has 24 heavy (non-hydrogen) atoms. The monoisotopic (exact) mass is 366 g/mol. The van der Waals surface area contributed by atoms with Crippen LogP contribution in [0.5, 0.6) is 0 Å². The van der Waals surface area contributed by atoms with E-state index in [4.69, 9.17) is 7.85 Å². The van der Waals surface area contributed by atoms with Crippen molar-refractivity contribution in [3.05, 3.63) is 77.3 Å². The van der Waals surface area contributed by atoms with Gasteiger partial charge in [0.25, 0.3) is 0 Å². The van der Waals surface area contributed by atoms with Crippen LogP contribution in [0.2, 0.25) is 0 Å². The maximum atomic E-state index is 6.08. The van der Waals surface area contributed by atoms with Gasteiger partial charge in [-0.1, -0.05) is 69.9 Å². The van der Waals surface area contributed by atoms with Gasteiger partial charge in [0.05, 0.1) is 0 Å². The van der Waals surface area contributed by atoms with Crippen molar-refractivity contribution in [3.63, 3.8) is 0 Å². The molecule has 0 aromatic heterocycles. The van der Waals surface area contributed by atoms with Crippen LogP contribution >= 0.6 is 15.9 Å². The van der Waals surface area contributed by atoms with E-state index in [9.17, 15) is 0 Å². The highest BCUT2D eigenvalue weighted by Crippen LogP contribution is 2.37. The first-order valence-electron chi connectivity index (χ1n) is 7.94. The van der Waals surface area contributed by atoms with Gasteiger partial charge < -0.3 is 0 Å². The maximum absolute atomic E-state index is 6.08. The van der Waals surface area contributed by atoms with Gasteiger partial charge >= 0.3 is 0 Å². The van der Waals surface area contributed by atoms with Crippen molar-refractivity contribution >= 4 is 72.3 Å². The van der Waals surface area contributed by atoms with Gasteiger partial charge in [0.1, 0.15) is 7.85 Å². The van der Waals surface area contributed by atoms with Crippen molar-refractivity contribution in [1.82, 2.24) is 0 Å². The fourth-order valence-electron chi connectivity index (χ4n) is 3.68. The maximum Gasteiger partial charge on any atom is 0.113 e. The van der Waals surface area contributed by atoms with Gasteiger partial charge in [0.15, 0.2) is 0 Å². The number of halogens is 1. The minimum absolute atomic E-state index is 0.795. The molecule has 0 saturated carbocycles. The first-order chi connectivity index (χ1) is 11.7. The second-order valence-electron chi connectivity index (χ2n) is 6.24. The molecule has 2 radical (unpaired) electrons. The van der Waals surface area contributed by atoms with Crippen molar-refractivity contribution in [2.24, 2.45) is 0 Å². The Morgan fingerprint density at radius 2 is 1.08 bits per heavy atom. The molecule has 5 aromatic carbocycles. The topological polar surface area (TPSA) is 0 Å². The van der Waals surface area contributed by atoms with E-state index >= 15 is 0 Å². The second kappa shape index (κ2) is 5.09. The van der Waals surface area contributed by atoms with E-state index in [0.717, 1.165) is 9.94 Å². The molecule has 0 aliphatic rings. The molecule has 0 atom stereocenters. The van der Waals surface area contributed by atoms with Crippen molar-refractivity contribution in [2.75, 3.05) is 0 Å². The minimum Gasteiger partial charge on any atom is -0.0960 e. The molecule has 0 saturated heterocycles. The van der Waals surface area contributed by atoms with Gasteiger partial charge in [-0.15, -0.1) is 0 Å². The van der Waals surface area contributed by atoms with Gasteiger partial charge in [0, 0.05) is 4.47 Å². The van der Waals surface area contributed by atoms with Crippen LogP contribution in [-0.4, -0.2) is 7.85 Å². The fourth-order valence-corrected chi connectivity index (χ4v) is 4.04. The van der Waals surface area contributed by atoms with E-state index in [-0.39, 0.29) is 0 Å². The van der Waals surface area contributed by atoms with E-state index in [1.807, 2.05) is 6.07 Å². The Balaban J connectivity index is 2.14. The van der Waals surface area contributed by atoms with Crippen LogP contribution in [0.1, 0.15) is 0 Å². The summed E-state index contributed by atoms with van der Waals surface area (Å²) in [6.45, 7) is 0. The molecule has 2 heteroatoms. The first-order valence-corrected chi connectivity index (χ1v) is 8.73. The minimum atomic E-state index is 0.795. The average Bonchev–Trinajstić information content (AvgIpc) is 2.60. The van der Waals surface area contributed by atoms with Crippen LogP contribution in [0.25, 0.3) is 43.1 Å². The van der Waals surface area contributed by atoms with Gasteiger partial charge in [-0.05, 0) is 67.4 Å². The predicted octanol–water partition coefficient (Wildman–Crippen LogP) is 5.86. The number of hydrogen-bond acceptors (Lipinski definition) is 0. The normalized spacial score (nSPS) is 11.7. The first kappa shape index (κ1) is 14.1. The fraction of sp³-hybridized carbons (Fsp3) is 0. The van der Waals surface area contributed by atoms with Crippen LogP contribution < -0.4 is 5.46 Å². The molecule has 0 bridgehead atoms. The third-order valence-corrected chi connectivity index (χ3v) is 5.27. The Hall–Kier alpha value is -2.32. The van der Waals surface area contributed by atoms with E-state index in [1.165, 1.54) is 43.1 Å². The van der Waals surface area contributed by atoms with Crippen molar-refractivity contribution < 1.29 is 0 Å². The lowest BCUT2D eigenvalue weighted by molar-refractivity contribution is 1.74. The summed E-state index contributed by atoms with van der Waals surface area (Å²) >= 11 is 3.61. The molecule has 0 heterocycles. The zero-order chi connectivity index (χ0) is 16.3. The summed E-state index contributed by atoms with van der Waals surface area (Å²) in [4.78, 5) is 0. The average molecular weight is 367 g/mol. The van der Waals surface area contributed by atoms with Crippen molar-refractivity contribution in [2.45, 2.75) is 0 Å². The van der Waals surface area contributed by atoms with Crippen molar-refractivity contribution in [3.8, 4) is 0 Å². The quantitative estimate of drug-likeness (QED) is 0.183. The van der Waals surface area contributed by atoms with Gasteiger partial charge in [-0.3, -0.25) is 0 Å². The summed E-state index contributed by atoms with van der Waals surface area (Å²) in [6.07, 6.45) is 0. The van der Waals surface area contributed by atoms with Gasteiger partial charge in [-0.2, -0.15) is 0 Å². The molecule has 0 spiro atoms. The summed E-state index contributed by atoms with van der Waals surface area (Å²) in [6, 6.07) is 25.8. The molecule has 0 N–H and O–H groups in total. The molecule has 110 valence electrons. The number of rotatable bonds is 0. The van der Waals surface area contributed by atoms with Crippen molar-refractivity contribution in [1.29, 1.82) is 0 Å². The highest BCUT2D eigenvalue weighted by Gasteiger charge is 2.10. The Labute approximate surface area is 149 Å². The summed E-state index contributed by atoms with van der Waals surface area (Å²) < 4.78 is 1.08. The van der Waals surface area contributed by atoms with E-state index in [0.29, 0.717) is 0 Å². The highest BCUT2D eigenvalue weighted by atomic mass is 79.9. The summed E-state index contributed by atoms with van der Waals surface area (Å²) in [5.74, 6) is 0. The van der Waals surface area contributed by atoms with Crippen LogP contribution in [0, 0.1) is 0 Å². The largest absolute Gasteiger partial charge is 0.113 e. The zero-order valence-electron chi connectivity index (χ0n) is 12.9. The molecule has 0 aliphatic carbocycles. The smallest absolute Gasteiger partial charge is 0.0960 e. The zero-order valence-corrected chi connectivity index (χ0v) is 14.5. The van der Waals surface area contributed by atoms with E-state index < -0.39 is 0 Å². The molecular formula is C22H12BBr. The molecule has 0 nitrogen and oxygen atoms in total. The van der Waals surface area contributed by atoms with Gasteiger partial charge in [-0.25, -0.2) is 0 Å². The molecule has 5 rings (SSSR count). The molecule has 0 aliphatic heterocycles. The lowest BCUT2D eigenvalue weighted by Crippen LogP contribution is -2.00. The van der Waals surface area contributed by atoms with Crippen LogP contribution in [0.3, 0.4) is 0 Å². The Bertz CT molecular complexity index is 1170. The van der Waals surface area contributed by atoms with Crippen LogP contribution in [0.15, 0.2) is 77.3 Å². The number of benzene rings is 5. The molecule has 5 aromatic rings. The Morgan fingerprint density at radius 3 is 1.75 bits per heavy atom. The Kier molecular flexibility index (Phi) is 2.98. The summed E-state index contributed by atoms with van der Waals surface area (Å²) in [7, 11) is 6.08. The third kappa shape index (κ3) is 2.00. The molecule has 0 fully saturated rings. The second-order valence-corrected chi connectivity index (χ2v) is 7.16. The predicted molar refractivity (Wildman–Crippen MR) is 110 cm³/mol. The summed E-state index contributed by atoms with van der Waals surface area (Å²) in [5, 5.41) is 10.0. The highest BCUT2D eigenvalue weighted by molar-refractivity contribution is 9.10.